The van der Waals surface area contributed by atoms with E-state index in [1.54, 1.807) is 13.2 Å². The van der Waals surface area contributed by atoms with Crippen LogP contribution >= 0.6 is 0 Å². The van der Waals surface area contributed by atoms with Crippen LogP contribution in [0.2, 0.25) is 0 Å². The number of hydrogen-bond donors (Lipinski definition) is 0. The summed E-state index contributed by atoms with van der Waals surface area (Å²) in [4.78, 5) is 15.6. The number of halogens is 1. The van der Waals surface area contributed by atoms with Crippen LogP contribution in [0.4, 0.5) is 4.39 Å². The largest absolute Gasteiger partial charge is 0.496 e. The fraction of sp³-hybridized carbons (Fsp3) is 0.143. The van der Waals surface area contributed by atoms with Crippen molar-refractivity contribution in [1.29, 1.82) is 0 Å². The predicted octanol–water partition coefficient (Wildman–Crippen LogP) is 2.65. The number of rotatable bonds is 4. The molecule has 2 aromatic rings. The zero-order chi connectivity index (χ0) is 13.0. The molecule has 0 atom stereocenters. The van der Waals surface area contributed by atoms with E-state index < -0.39 is 5.82 Å². The number of hydrogen-bond acceptors (Lipinski definition) is 3. The zero-order valence-corrected chi connectivity index (χ0v) is 9.89. The Bertz CT molecular complexity index is 569. The standard InChI is InChI=1S/C14H12FNO2/c1-18-14-5-3-2-4-10(14)7-13(17)11-6-12(15)9-16-8-11/h2-6,8-9H,7H2,1H3. The Morgan fingerprint density at radius 2 is 2.11 bits per heavy atom. The van der Waals surface area contributed by atoms with E-state index in [1.165, 1.54) is 12.3 Å². The third-order valence-corrected chi connectivity index (χ3v) is 2.57. The van der Waals surface area contributed by atoms with Crippen molar-refractivity contribution in [2.45, 2.75) is 6.42 Å². The lowest BCUT2D eigenvalue weighted by molar-refractivity contribution is 0.0991. The fourth-order valence-electron chi connectivity index (χ4n) is 1.69. The van der Waals surface area contributed by atoms with Crippen LogP contribution in [-0.4, -0.2) is 17.9 Å². The highest BCUT2D eigenvalue weighted by Crippen LogP contribution is 2.19. The second kappa shape index (κ2) is 5.40. The monoisotopic (exact) mass is 245 g/mol. The first kappa shape index (κ1) is 12.2. The minimum atomic E-state index is -0.513. The van der Waals surface area contributed by atoms with E-state index in [-0.39, 0.29) is 17.8 Å². The number of benzene rings is 1. The molecule has 2 rings (SSSR count). The molecule has 0 bridgehead atoms. The van der Waals surface area contributed by atoms with Gasteiger partial charge in [0.25, 0.3) is 0 Å². The number of ketones is 1. The number of aromatic nitrogens is 1. The minimum Gasteiger partial charge on any atom is -0.496 e. The summed E-state index contributed by atoms with van der Waals surface area (Å²) >= 11 is 0. The molecule has 1 aromatic heterocycles. The van der Waals surface area contributed by atoms with Crippen molar-refractivity contribution in [1.82, 2.24) is 4.98 Å². The lowest BCUT2D eigenvalue weighted by Gasteiger charge is -2.07. The number of pyridine rings is 1. The second-order valence-corrected chi connectivity index (χ2v) is 3.80. The van der Waals surface area contributed by atoms with E-state index in [9.17, 15) is 9.18 Å². The zero-order valence-electron chi connectivity index (χ0n) is 9.89. The Kier molecular flexibility index (Phi) is 3.67. The Morgan fingerprint density at radius 1 is 1.33 bits per heavy atom. The van der Waals surface area contributed by atoms with Crippen LogP contribution in [0.15, 0.2) is 42.7 Å². The van der Waals surface area contributed by atoms with Gasteiger partial charge in [-0.1, -0.05) is 18.2 Å². The summed E-state index contributed by atoms with van der Waals surface area (Å²) in [5, 5.41) is 0. The normalized spacial score (nSPS) is 10.1. The first-order valence-electron chi connectivity index (χ1n) is 5.46. The Hall–Kier alpha value is -2.23. The lowest BCUT2D eigenvalue weighted by atomic mass is 10.0. The van der Waals surface area contributed by atoms with E-state index in [0.717, 1.165) is 11.8 Å². The average Bonchev–Trinajstić information content (AvgIpc) is 2.39. The molecule has 0 radical (unpaired) electrons. The van der Waals surface area contributed by atoms with Crippen LogP contribution in [0.5, 0.6) is 5.75 Å². The van der Waals surface area contributed by atoms with Gasteiger partial charge in [-0.15, -0.1) is 0 Å². The molecule has 0 fully saturated rings. The van der Waals surface area contributed by atoms with Gasteiger partial charge < -0.3 is 4.74 Å². The average molecular weight is 245 g/mol. The highest BCUT2D eigenvalue weighted by Gasteiger charge is 2.11. The third-order valence-electron chi connectivity index (χ3n) is 2.57. The summed E-state index contributed by atoms with van der Waals surface area (Å²) in [6.45, 7) is 0. The molecule has 3 nitrogen and oxygen atoms in total. The predicted molar refractivity (Wildman–Crippen MR) is 65.2 cm³/mol. The van der Waals surface area contributed by atoms with E-state index >= 15 is 0 Å². The van der Waals surface area contributed by atoms with E-state index in [1.807, 2.05) is 18.2 Å². The van der Waals surface area contributed by atoms with E-state index in [4.69, 9.17) is 4.74 Å². The first-order valence-corrected chi connectivity index (χ1v) is 5.46. The topological polar surface area (TPSA) is 39.2 Å². The van der Waals surface area contributed by atoms with E-state index in [0.29, 0.717) is 5.75 Å². The van der Waals surface area contributed by atoms with Crippen molar-refractivity contribution in [2.75, 3.05) is 7.11 Å². The summed E-state index contributed by atoms with van der Waals surface area (Å²) in [7, 11) is 1.55. The van der Waals surface area contributed by atoms with Crippen molar-refractivity contribution in [3.63, 3.8) is 0 Å². The molecule has 0 N–H and O–H groups in total. The van der Waals surface area contributed by atoms with Gasteiger partial charge in [-0.3, -0.25) is 9.78 Å². The maximum Gasteiger partial charge on any atom is 0.169 e. The van der Waals surface area contributed by atoms with Crippen LogP contribution in [0, 0.1) is 5.82 Å². The van der Waals surface area contributed by atoms with Crippen LogP contribution in [0.1, 0.15) is 15.9 Å². The van der Waals surface area contributed by atoms with Gasteiger partial charge in [-0.2, -0.15) is 0 Å². The first-order chi connectivity index (χ1) is 8.70. The molecule has 92 valence electrons. The Labute approximate surface area is 104 Å². The van der Waals surface area contributed by atoms with Gasteiger partial charge in [-0.05, 0) is 12.1 Å². The summed E-state index contributed by atoms with van der Waals surface area (Å²) in [5.41, 5.74) is 1.04. The lowest BCUT2D eigenvalue weighted by Crippen LogP contribution is -2.05. The van der Waals surface area contributed by atoms with Gasteiger partial charge in [0, 0.05) is 23.7 Å². The van der Waals surface area contributed by atoms with Crippen LogP contribution < -0.4 is 4.74 Å². The van der Waals surface area contributed by atoms with Crippen molar-refractivity contribution in [2.24, 2.45) is 0 Å². The van der Waals surface area contributed by atoms with Crippen molar-refractivity contribution < 1.29 is 13.9 Å². The number of carbonyl (C=O) groups excluding carboxylic acids is 1. The molecule has 0 saturated heterocycles. The molecule has 0 unspecified atom stereocenters. The quantitative estimate of drug-likeness (QED) is 0.777. The number of methoxy groups -OCH3 is 1. The number of para-hydroxylation sites is 1. The summed E-state index contributed by atoms with van der Waals surface area (Å²) in [6.07, 6.45) is 2.59. The van der Waals surface area contributed by atoms with Crippen LogP contribution in [0.3, 0.4) is 0 Å². The van der Waals surface area contributed by atoms with Gasteiger partial charge in [0.2, 0.25) is 0 Å². The molecule has 1 heterocycles. The second-order valence-electron chi connectivity index (χ2n) is 3.80. The molecular weight excluding hydrogens is 233 g/mol. The van der Waals surface area contributed by atoms with Crippen molar-refractivity contribution >= 4 is 5.78 Å². The van der Waals surface area contributed by atoms with Gasteiger partial charge >= 0.3 is 0 Å². The third kappa shape index (κ3) is 2.71. The van der Waals surface area contributed by atoms with Gasteiger partial charge in [0.05, 0.1) is 13.3 Å². The molecule has 4 heteroatoms. The molecular formula is C14H12FNO2. The highest BCUT2D eigenvalue weighted by molar-refractivity contribution is 5.97. The number of ether oxygens (including phenoxy) is 1. The minimum absolute atomic E-state index is 0.162. The SMILES string of the molecule is COc1ccccc1CC(=O)c1cncc(F)c1. The maximum absolute atomic E-state index is 13.0. The summed E-state index contributed by atoms with van der Waals surface area (Å²) in [6, 6.07) is 8.44. The highest BCUT2D eigenvalue weighted by atomic mass is 19.1. The van der Waals surface area contributed by atoms with E-state index in [2.05, 4.69) is 4.98 Å². The number of Topliss-reactive ketones (excluding diaryl/α,β-unsaturated/α-hetero) is 1. The molecule has 0 amide bonds. The molecule has 0 spiro atoms. The van der Waals surface area contributed by atoms with Crippen LogP contribution in [0.25, 0.3) is 0 Å². The smallest absolute Gasteiger partial charge is 0.169 e. The summed E-state index contributed by atoms with van der Waals surface area (Å²) < 4.78 is 18.1. The molecule has 0 aliphatic heterocycles. The number of nitrogens with zero attached hydrogens (tertiary/aromatic N) is 1. The molecule has 0 saturated carbocycles. The maximum atomic E-state index is 13.0. The van der Waals surface area contributed by atoms with Gasteiger partial charge in [-0.25, -0.2) is 4.39 Å². The fourth-order valence-corrected chi connectivity index (χ4v) is 1.69. The Morgan fingerprint density at radius 3 is 2.83 bits per heavy atom. The van der Waals surface area contributed by atoms with Gasteiger partial charge in [0.15, 0.2) is 5.78 Å². The van der Waals surface area contributed by atoms with Crippen molar-refractivity contribution in [3.8, 4) is 5.75 Å². The van der Waals surface area contributed by atoms with Gasteiger partial charge in [0.1, 0.15) is 11.6 Å². The molecule has 1 aromatic carbocycles. The molecule has 18 heavy (non-hydrogen) atoms. The van der Waals surface area contributed by atoms with Crippen molar-refractivity contribution in [3.05, 3.63) is 59.7 Å². The number of carbonyl (C=O) groups is 1. The summed E-state index contributed by atoms with van der Waals surface area (Å²) in [5.74, 6) is -0.0532. The molecule has 0 aliphatic carbocycles. The van der Waals surface area contributed by atoms with Crippen LogP contribution in [-0.2, 0) is 6.42 Å². The molecule has 0 aliphatic rings. The Balaban J connectivity index is 2.21.